The van der Waals surface area contributed by atoms with Crippen molar-refractivity contribution in [3.05, 3.63) is 45.0 Å². The molecule has 2 heterocycles. The lowest BCUT2D eigenvalue weighted by molar-refractivity contribution is -0.387. The van der Waals surface area contributed by atoms with E-state index in [1.54, 1.807) is 12.1 Å². The van der Waals surface area contributed by atoms with Crippen molar-refractivity contribution < 1.29 is 14.5 Å². The number of amides is 1. The molecule has 0 unspecified atom stereocenters. The summed E-state index contributed by atoms with van der Waals surface area (Å²) in [5.41, 5.74) is 1.05. The van der Waals surface area contributed by atoms with Crippen molar-refractivity contribution >= 4 is 34.7 Å². The van der Waals surface area contributed by atoms with Crippen LogP contribution >= 0.6 is 23.1 Å². The average molecular weight is 379 g/mol. The first-order valence-electron chi connectivity index (χ1n) is 7.81. The van der Waals surface area contributed by atoms with E-state index >= 15 is 0 Å². The zero-order valence-corrected chi connectivity index (χ0v) is 15.2. The van der Waals surface area contributed by atoms with Gasteiger partial charge in [0.1, 0.15) is 0 Å². The summed E-state index contributed by atoms with van der Waals surface area (Å²) in [6.45, 7) is 3.01. The van der Waals surface area contributed by atoms with Crippen LogP contribution in [0.3, 0.4) is 0 Å². The van der Waals surface area contributed by atoms with Gasteiger partial charge in [0.2, 0.25) is 0 Å². The second-order valence-corrected chi connectivity index (χ2v) is 7.79. The van der Waals surface area contributed by atoms with Crippen LogP contribution in [-0.4, -0.2) is 35.1 Å². The van der Waals surface area contributed by atoms with E-state index in [1.807, 2.05) is 12.3 Å². The van der Waals surface area contributed by atoms with Crippen molar-refractivity contribution in [2.75, 3.05) is 13.2 Å². The number of aryl methyl sites for hydroxylation is 1. The van der Waals surface area contributed by atoms with E-state index in [4.69, 9.17) is 4.74 Å². The molecule has 1 fully saturated rings. The highest BCUT2D eigenvalue weighted by Crippen LogP contribution is 2.36. The number of hydrogen-bond acceptors (Lipinski definition) is 7. The summed E-state index contributed by atoms with van der Waals surface area (Å²) in [6, 6.07) is 4.51. The van der Waals surface area contributed by atoms with Crippen LogP contribution in [0.25, 0.3) is 0 Å². The number of rotatable bonds is 6. The van der Waals surface area contributed by atoms with Gasteiger partial charge in [-0.25, -0.2) is 4.98 Å². The van der Waals surface area contributed by atoms with Crippen LogP contribution in [0, 0.1) is 17.0 Å². The van der Waals surface area contributed by atoms with E-state index in [9.17, 15) is 14.9 Å². The molecule has 0 bridgehead atoms. The summed E-state index contributed by atoms with van der Waals surface area (Å²) in [7, 11) is 0. The molecule has 1 saturated heterocycles. The highest BCUT2D eigenvalue weighted by Gasteiger charge is 2.21. The SMILES string of the molecule is Cc1csc(Sc2ccc(C(=O)NC[C@H]3CCCO3)cc2[N+](=O)[O-])n1. The van der Waals surface area contributed by atoms with Crippen LogP contribution in [0.4, 0.5) is 5.69 Å². The Morgan fingerprint density at radius 2 is 2.40 bits per heavy atom. The van der Waals surface area contributed by atoms with Crippen LogP contribution < -0.4 is 5.32 Å². The fourth-order valence-electron chi connectivity index (χ4n) is 2.47. The number of nitro groups is 1. The second-order valence-electron chi connectivity index (χ2n) is 5.64. The number of hydrogen-bond donors (Lipinski definition) is 1. The third kappa shape index (κ3) is 4.56. The number of benzene rings is 1. The van der Waals surface area contributed by atoms with Gasteiger partial charge in [-0.2, -0.15) is 0 Å². The average Bonchev–Trinajstić information content (AvgIpc) is 3.24. The van der Waals surface area contributed by atoms with Crippen molar-refractivity contribution in [3.8, 4) is 0 Å². The number of carbonyl (C=O) groups is 1. The molecular formula is C16H17N3O4S2. The van der Waals surface area contributed by atoms with E-state index in [-0.39, 0.29) is 23.3 Å². The Labute approximate surface area is 152 Å². The Hall–Kier alpha value is -1.97. The molecular weight excluding hydrogens is 362 g/mol. The van der Waals surface area contributed by atoms with E-state index in [0.29, 0.717) is 18.0 Å². The van der Waals surface area contributed by atoms with Gasteiger partial charge in [0.05, 0.1) is 15.9 Å². The smallest absolute Gasteiger partial charge is 0.284 e. The molecule has 1 atom stereocenters. The highest BCUT2D eigenvalue weighted by atomic mass is 32.2. The molecule has 0 spiro atoms. The minimum Gasteiger partial charge on any atom is -0.376 e. The highest BCUT2D eigenvalue weighted by molar-refractivity contribution is 8.01. The first kappa shape index (κ1) is 17.8. The van der Waals surface area contributed by atoms with Crippen molar-refractivity contribution in [3.63, 3.8) is 0 Å². The Morgan fingerprint density at radius 3 is 3.04 bits per heavy atom. The maximum Gasteiger partial charge on any atom is 0.284 e. The van der Waals surface area contributed by atoms with E-state index in [0.717, 1.165) is 22.9 Å². The molecule has 25 heavy (non-hydrogen) atoms. The van der Waals surface area contributed by atoms with Crippen LogP contribution in [0.2, 0.25) is 0 Å². The molecule has 132 valence electrons. The molecule has 1 aliphatic heterocycles. The van der Waals surface area contributed by atoms with Gasteiger partial charge >= 0.3 is 0 Å². The van der Waals surface area contributed by atoms with Crippen LogP contribution in [0.5, 0.6) is 0 Å². The van der Waals surface area contributed by atoms with Gasteiger partial charge in [-0.3, -0.25) is 14.9 Å². The third-order valence-corrected chi connectivity index (χ3v) is 5.85. The monoisotopic (exact) mass is 379 g/mol. The van der Waals surface area contributed by atoms with Gasteiger partial charge in [-0.05, 0) is 31.9 Å². The summed E-state index contributed by atoms with van der Waals surface area (Å²) in [5.74, 6) is -0.333. The van der Waals surface area contributed by atoms with Gasteiger partial charge in [-0.15, -0.1) is 11.3 Å². The number of nitro benzene ring substituents is 1. The van der Waals surface area contributed by atoms with Gasteiger partial charge in [-0.1, -0.05) is 11.8 Å². The molecule has 1 amide bonds. The van der Waals surface area contributed by atoms with Gasteiger partial charge < -0.3 is 10.1 Å². The first-order valence-corrected chi connectivity index (χ1v) is 9.51. The fourth-order valence-corrected chi connectivity index (χ4v) is 4.35. The molecule has 0 saturated carbocycles. The summed E-state index contributed by atoms with van der Waals surface area (Å²) in [4.78, 5) is 27.9. The largest absolute Gasteiger partial charge is 0.376 e. The lowest BCUT2D eigenvalue weighted by Gasteiger charge is -2.11. The summed E-state index contributed by atoms with van der Waals surface area (Å²) in [6.07, 6.45) is 1.94. The molecule has 1 N–H and O–H groups in total. The standard InChI is InChI=1S/C16H17N3O4S2/c1-10-9-24-16(18-10)25-14-5-4-11(7-13(14)19(21)22)15(20)17-8-12-3-2-6-23-12/h4-5,7,9,12H,2-3,6,8H2,1H3,(H,17,20)/t12-/m1/s1. The summed E-state index contributed by atoms with van der Waals surface area (Å²) in [5, 5.41) is 16.0. The molecule has 1 aromatic carbocycles. The van der Waals surface area contributed by atoms with Crippen LogP contribution in [0.15, 0.2) is 32.8 Å². The molecule has 2 aromatic rings. The lowest BCUT2D eigenvalue weighted by atomic mass is 10.2. The zero-order chi connectivity index (χ0) is 17.8. The van der Waals surface area contributed by atoms with E-state index in [2.05, 4.69) is 10.3 Å². The quantitative estimate of drug-likeness (QED) is 0.610. The molecule has 0 radical (unpaired) electrons. The van der Waals surface area contributed by atoms with Gasteiger partial charge in [0, 0.05) is 35.9 Å². The minimum absolute atomic E-state index is 0.0295. The predicted octanol–water partition coefficient (Wildman–Crippen LogP) is 3.42. The summed E-state index contributed by atoms with van der Waals surface area (Å²) < 4.78 is 6.19. The molecule has 1 aliphatic rings. The Kier molecular flexibility index (Phi) is 5.67. The van der Waals surface area contributed by atoms with Gasteiger partial charge in [0.15, 0.2) is 4.34 Å². The zero-order valence-electron chi connectivity index (χ0n) is 13.6. The Bertz CT molecular complexity index is 787. The van der Waals surface area contributed by atoms with Crippen LogP contribution in [-0.2, 0) is 4.74 Å². The molecule has 3 rings (SSSR count). The minimum atomic E-state index is -0.473. The predicted molar refractivity (Wildman–Crippen MR) is 95.4 cm³/mol. The lowest BCUT2D eigenvalue weighted by Crippen LogP contribution is -2.31. The number of nitrogens with one attached hydrogen (secondary N) is 1. The normalized spacial score (nSPS) is 16.8. The van der Waals surface area contributed by atoms with Crippen molar-refractivity contribution in [1.82, 2.24) is 10.3 Å². The second kappa shape index (κ2) is 7.94. The number of thiazole rings is 1. The van der Waals surface area contributed by atoms with Crippen molar-refractivity contribution in [2.45, 2.75) is 35.1 Å². The van der Waals surface area contributed by atoms with E-state index in [1.165, 1.54) is 29.2 Å². The van der Waals surface area contributed by atoms with E-state index < -0.39 is 4.92 Å². The maximum absolute atomic E-state index is 12.2. The number of aromatic nitrogens is 1. The Balaban J connectivity index is 1.73. The number of ether oxygens (including phenoxy) is 1. The van der Waals surface area contributed by atoms with Crippen LogP contribution in [0.1, 0.15) is 28.9 Å². The molecule has 9 heteroatoms. The maximum atomic E-state index is 12.2. The third-order valence-electron chi connectivity index (χ3n) is 3.73. The Morgan fingerprint density at radius 1 is 1.56 bits per heavy atom. The molecule has 0 aliphatic carbocycles. The first-order chi connectivity index (χ1) is 12.0. The van der Waals surface area contributed by atoms with Crippen molar-refractivity contribution in [2.24, 2.45) is 0 Å². The van der Waals surface area contributed by atoms with Crippen molar-refractivity contribution in [1.29, 1.82) is 0 Å². The van der Waals surface area contributed by atoms with Gasteiger partial charge in [0.25, 0.3) is 11.6 Å². The molecule has 7 nitrogen and oxygen atoms in total. The number of carbonyl (C=O) groups excluding carboxylic acids is 1. The summed E-state index contributed by atoms with van der Waals surface area (Å²) >= 11 is 2.67. The number of nitrogens with zero attached hydrogens (tertiary/aromatic N) is 2. The fraction of sp³-hybridized carbons (Fsp3) is 0.375. The molecule has 1 aromatic heterocycles. The topological polar surface area (TPSA) is 94.4 Å².